The smallest absolute Gasteiger partial charge is 0.213 e. The zero-order valence-electron chi connectivity index (χ0n) is 23.2. The molecule has 0 saturated carbocycles. The third-order valence-corrected chi connectivity index (χ3v) is 8.86. The highest BCUT2D eigenvalue weighted by atomic mass is 32.2. The van der Waals surface area contributed by atoms with Gasteiger partial charge in [0.05, 0.1) is 38.4 Å². The lowest BCUT2D eigenvalue weighted by molar-refractivity contribution is 0.223. The molecule has 11 heteroatoms. The first-order valence-corrected chi connectivity index (χ1v) is 15.4. The van der Waals surface area contributed by atoms with Gasteiger partial charge >= 0.3 is 0 Å². The zero-order chi connectivity index (χ0) is 27.5. The topological polar surface area (TPSA) is 136 Å². The number of ether oxygens (including phenoxy) is 3. The van der Waals surface area contributed by atoms with E-state index in [0.29, 0.717) is 30.4 Å². The average Bonchev–Trinajstić information content (AvgIpc) is 3.29. The van der Waals surface area contributed by atoms with E-state index in [-0.39, 0.29) is 23.5 Å². The molecule has 10 nitrogen and oxygen atoms in total. The molecule has 4 unspecified atom stereocenters. The number of nitrogens with one attached hydrogen (secondary N) is 4. The van der Waals surface area contributed by atoms with Crippen molar-refractivity contribution in [1.29, 1.82) is 0 Å². The van der Waals surface area contributed by atoms with E-state index in [4.69, 9.17) is 19.9 Å². The highest BCUT2D eigenvalue weighted by Gasteiger charge is 2.48. The van der Waals surface area contributed by atoms with Gasteiger partial charge < -0.3 is 35.9 Å². The monoisotopic (exact) mass is 553 g/mol. The summed E-state index contributed by atoms with van der Waals surface area (Å²) in [6.07, 6.45) is 3.02. The molecule has 2 aliphatic rings. The molecule has 1 aromatic rings. The van der Waals surface area contributed by atoms with Gasteiger partial charge in [-0.2, -0.15) is 0 Å². The summed E-state index contributed by atoms with van der Waals surface area (Å²) in [6, 6.07) is 3.43. The SMILES string of the molecule is C=C1OCC2C(NS(=O)(=O)CCNCCCNCCCNCCCN)c3cc(OC)c(OC)cc3C(C)C12. The van der Waals surface area contributed by atoms with E-state index in [1.165, 1.54) is 0 Å². The molecule has 1 saturated heterocycles. The van der Waals surface area contributed by atoms with Gasteiger partial charge in [-0.3, -0.25) is 0 Å². The normalized spacial score (nSPS) is 22.6. The van der Waals surface area contributed by atoms with Crippen LogP contribution >= 0.6 is 0 Å². The van der Waals surface area contributed by atoms with Crippen LogP contribution in [0.15, 0.2) is 24.5 Å². The molecular weight excluding hydrogens is 506 g/mol. The van der Waals surface area contributed by atoms with E-state index in [1.54, 1.807) is 14.2 Å². The largest absolute Gasteiger partial charge is 0.498 e. The number of sulfonamides is 1. The van der Waals surface area contributed by atoms with Gasteiger partial charge in [0.25, 0.3) is 0 Å². The number of hydrogen-bond acceptors (Lipinski definition) is 9. The molecule has 6 N–H and O–H groups in total. The molecule has 0 spiro atoms. The molecule has 38 heavy (non-hydrogen) atoms. The van der Waals surface area contributed by atoms with Crippen molar-refractivity contribution in [2.75, 3.05) is 72.4 Å². The summed E-state index contributed by atoms with van der Waals surface area (Å²) >= 11 is 0. The fourth-order valence-electron chi connectivity index (χ4n) is 5.48. The molecule has 1 aromatic carbocycles. The van der Waals surface area contributed by atoms with Crippen LogP contribution in [-0.4, -0.2) is 80.8 Å². The Balaban J connectivity index is 1.49. The Kier molecular flexibility index (Phi) is 12.1. The molecule has 0 radical (unpaired) electrons. The van der Waals surface area contributed by atoms with Crippen molar-refractivity contribution in [2.45, 2.75) is 38.1 Å². The van der Waals surface area contributed by atoms with Gasteiger partial charge in [0.15, 0.2) is 11.5 Å². The lowest BCUT2D eigenvalue weighted by Crippen LogP contribution is -2.43. The highest BCUT2D eigenvalue weighted by molar-refractivity contribution is 7.89. The first-order valence-electron chi connectivity index (χ1n) is 13.7. The van der Waals surface area contributed by atoms with Crippen LogP contribution in [0.2, 0.25) is 0 Å². The van der Waals surface area contributed by atoms with Crippen LogP contribution in [0.4, 0.5) is 0 Å². The molecule has 0 bridgehead atoms. The van der Waals surface area contributed by atoms with E-state index in [2.05, 4.69) is 34.2 Å². The molecule has 216 valence electrons. The second kappa shape index (κ2) is 15.0. The Bertz CT molecular complexity index is 1010. The van der Waals surface area contributed by atoms with Crippen LogP contribution in [0.3, 0.4) is 0 Å². The van der Waals surface area contributed by atoms with Crippen LogP contribution in [0, 0.1) is 11.8 Å². The fraction of sp³-hybridized carbons (Fsp3) is 0.704. The predicted molar refractivity (Wildman–Crippen MR) is 151 cm³/mol. The van der Waals surface area contributed by atoms with Gasteiger partial charge in [-0.1, -0.05) is 13.5 Å². The minimum absolute atomic E-state index is 0.00274. The first kappa shape index (κ1) is 30.6. The number of rotatable bonds is 18. The van der Waals surface area contributed by atoms with Gasteiger partial charge in [-0.25, -0.2) is 13.1 Å². The summed E-state index contributed by atoms with van der Waals surface area (Å²) in [5, 5.41) is 10.0. The minimum atomic E-state index is -3.55. The molecule has 4 atom stereocenters. The summed E-state index contributed by atoms with van der Waals surface area (Å²) in [4.78, 5) is 0. The Labute approximate surface area is 228 Å². The van der Waals surface area contributed by atoms with Crippen molar-refractivity contribution in [1.82, 2.24) is 20.7 Å². The summed E-state index contributed by atoms with van der Waals surface area (Å²) < 4.78 is 46.1. The number of methoxy groups -OCH3 is 2. The quantitative estimate of drug-likeness (QED) is 0.171. The second-order valence-electron chi connectivity index (χ2n) is 10.1. The second-order valence-corrected chi connectivity index (χ2v) is 12.0. The van der Waals surface area contributed by atoms with Gasteiger partial charge in [0.1, 0.15) is 0 Å². The molecule has 1 heterocycles. The van der Waals surface area contributed by atoms with Crippen molar-refractivity contribution >= 4 is 10.0 Å². The summed E-state index contributed by atoms with van der Waals surface area (Å²) in [6.45, 7) is 12.4. The number of hydrogen-bond donors (Lipinski definition) is 5. The Hall–Kier alpha value is -1.89. The summed E-state index contributed by atoms with van der Waals surface area (Å²) in [5.41, 5.74) is 7.41. The maximum atomic E-state index is 13.1. The number of nitrogens with two attached hydrogens (primary N) is 1. The average molecular weight is 554 g/mol. The molecule has 1 fully saturated rings. The van der Waals surface area contributed by atoms with E-state index in [0.717, 1.165) is 69.7 Å². The Morgan fingerprint density at radius 3 is 2.08 bits per heavy atom. The molecule has 1 aliphatic heterocycles. The van der Waals surface area contributed by atoms with E-state index in [9.17, 15) is 8.42 Å². The van der Waals surface area contributed by atoms with E-state index >= 15 is 0 Å². The van der Waals surface area contributed by atoms with Crippen LogP contribution < -0.4 is 35.9 Å². The van der Waals surface area contributed by atoms with Gasteiger partial charge in [-0.05, 0) is 87.7 Å². The Morgan fingerprint density at radius 2 is 1.50 bits per heavy atom. The predicted octanol–water partition coefficient (Wildman–Crippen LogP) is 1.46. The van der Waals surface area contributed by atoms with Gasteiger partial charge in [0.2, 0.25) is 10.0 Å². The van der Waals surface area contributed by atoms with Crippen molar-refractivity contribution in [3.63, 3.8) is 0 Å². The van der Waals surface area contributed by atoms with Crippen molar-refractivity contribution in [2.24, 2.45) is 17.6 Å². The van der Waals surface area contributed by atoms with Crippen LogP contribution in [-0.2, 0) is 14.8 Å². The molecule has 0 aromatic heterocycles. The van der Waals surface area contributed by atoms with Crippen LogP contribution in [0.25, 0.3) is 0 Å². The Morgan fingerprint density at radius 1 is 0.947 bits per heavy atom. The first-order chi connectivity index (χ1) is 18.3. The maximum absolute atomic E-state index is 13.1. The fourth-order valence-corrected chi connectivity index (χ4v) is 6.70. The van der Waals surface area contributed by atoms with Gasteiger partial charge in [-0.15, -0.1) is 0 Å². The van der Waals surface area contributed by atoms with Crippen LogP contribution in [0.1, 0.15) is 49.3 Å². The number of benzene rings is 1. The molecule has 0 amide bonds. The molecular formula is C27H47N5O5S. The zero-order valence-corrected chi connectivity index (χ0v) is 24.0. The lowest BCUT2D eigenvalue weighted by Gasteiger charge is -2.39. The maximum Gasteiger partial charge on any atom is 0.213 e. The lowest BCUT2D eigenvalue weighted by atomic mass is 9.68. The molecule has 1 aliphatic carbocycles. The van der Waals surface area contributed by atoms with Crippen LogP contribution in [0.5, 0.6) is 11.5 Å². The van der Waals surface area contributed by atoms with Gasteiger partial charge in [0, 0.05) is 18.4 Å². The highest BCUT2D eigenvalue weighted by Crippen LogP contribution is 2.53. The standard InChI is InChI=1S/C27H47N5O5S/c1-19-21-16-24(35-3)25(36-4)17-22(21)27(23-18-37-20(2)26(19)23)32-38(33,34)15-14-31-13-7-12-30-11-6-10-29-9-5-8-28/h16-17,19,23,26-27,29-32H,2,5-15,18,28H2,1,3-4H3. The third-order valence-electron chi connectivity index (χ3n) is 7.50. The van der Waals surface area contributed by atoms with Crippen molar-refractivity contribution in [3.05, 3.63) is 35.6 Å². The summed E-state index contributed by atoms with van der Waals surface area (Å²) in [7, 11) is -0.360. The number of allylic oxidation sites excluding steroid dienone is 1. The van der Waals surface area contributed by atoms with Crippen molar-refractivity contribution < 1.29 is 22.6 Å². The number of fused-ring (bicyclic) bond motifs is 2. The van der Waals surface area contributed by atoms with E-state index in [1.807, 2.05) is 12.1 Å². The minimum Gasteiger partial charge on any atom is -0.498 e. The van der Waals surface area contributed by atoms with E-state index < -0.39 is 16.1 Å². The molecule has 3 rings (SSSR count). The third kappa shape index (κ3) is 8.06. The van der Waals surface area contributed by atoms with Crippen molar-refractivity contribution in [3.8, 4) is 11.5 Å². The summed E-state index contributed by atoms with van der Waals surface area (Å²) in [5.74, 6) is 2.03.